The monoisotopic (exact) mass is 238 g/mol. The summed E-state index contributed by atoms with van der Waals surface area (Å²) in [7, 11) is 0. The van der Waals surface area contributed by atoms with Crippen molar-refractivity contribution in [2.75, 3.05) is 5.75 Å². The molecule has 3 heteroatoms. The fourth-order valence-electron chi connectivity index (χ4n) is 2.48. The maximum atomic E-state index is 4.82. The highest BCUT2D eigenvalue weighted by Gasteiger charge is 2.42. The summed E-state index contributed by atoms with van der Waals surface area (Å²) in [6.45, 7) is 4.55. The Kier molecular flexibility index (Phi) is 2.90. The molecule has 0 aromatic carbocycles. The largest absolute Gasteiger partial charge is 0.362 e. The first-order chi connectivity index (χ1) is 7.74. The molecule has 2 aliphatic carbocycles. The maximum absolute atomic E-state index is 4.82. The van der Waals surface area contributed by atoms with E-state index in [0.29, 0.717) is 12.0 Å². The first kappa shape index (κ1) is 10.9. The number of nitrogens with zero attached hydrogens (tertiary/aromatic N) is 1. The average molecular weight is 238 g/mol. The molecule has 1 N–H and O–H groups in total. The molecule has 0 aromatic heterocycles. The van der Waals surface area contributed by atoms with Gasteiger partial charge in [0.15, 0.2) is 5.17 Å². The number of rotatable bonds is 4. The summed E-state index contributed by atoms with van der Waals surface area (Å²) in [6.07, 6.45) is 5.78. The van der Waals surface area contributed by atoms with Gasteiger partial charge in [-0.2, -0.15) is 0 Å². The topological polar surface area (TPSA) is 24.4 Å². The highest BCUT2D eigenvalue weighted by molar-refractivity contribution is 8.14. The van der Waals surface area contributed by atoms with Gasteiger partial charge in [0.05, 0.1) is 6.04 Å². The van der Waals surface area contributed by atoms with Gasteiger partial charge in [-0.3, -0.25) is 4.99 Å². The van der Waals surface area contributed by atoms with Crippen molar-refractivity contribution in [1.29, 1.82) is 0 Å². The van der Waals surface area contributed by atoms with Crippen LogP contribution in [0.3, 0.4) is 0 Å². The van der Waals surface area contributed by atoms with Crippen molar-refractivity contribution in [2.24, 2.45) is 22.7 Å². The lowest BCUT2D eigenvalue weighted by Crippen LogP contribution is -2.36. The van der Waals surface area contributed by atoms with E-state index in [0.717, 1.165) is 17.9 Å². The second-order valence-corrected chi connectivity index (χ2v) is 6.91. The van der Waals surface area contributed by atoms with Crippen molar-refractivity contribution in [3.63, 3.8) is 0 Å². The van der Waals surface area contributed by atoms with E-state index in [-0.39, 0.29) is 0 Å². The zero-order valence-corrected chi connectivity index (χ0v) is 11.1. The molecule has 3 rings (SSSR count). The zero-order valence-electron chi connectivity index (χ0n) is 10.3. The van der Waals surface area contributed by atoms with E-state index in [1.54, 1.807) is 0 Å². The minimum absolute atomic E-state index is 0.548. The summed E-state index contributed by atoms with van der Waals surface area (Å²) in [5.41, 5.74) is 0. The predicted octanol–water partition coefficient (Wildman–Crippen LogP) is 2.89. The van der Waals surface area contributed by atoms with E-state index in [4.69, 9.17) is 4.99 Å². The van der Waals surface area contributed by atoms with Gasteiger partial charge in [0.1, 0.15) is 0 Å². The molecule has 90 valence electrons. The Morgan fingerprint density at radius 1 is 1.19 bits per heavy atom. The van der Waals surface area contributed by atoms with Crippen LogP contribution in [0.15, 0.2) is 4.99 Å². The van der Waals surface area contributed by atoms with Gasteiger partial charge < -0.3 is 5.32 Å². The minimum atomic E-state index is 0.548. The summed E-state index contributed by atoms with van der Waals surface area (Å²) in [5.74, 6) is 3.80. The Balaban J connectivity index is 1.59. The Morgan fingerprint density at radius 2 is 1.81 bits per heavy atom. The van der Waals surface area contributed by atoms with E-state index >= 15 is 0 Å². The van der Waals surface area contributed by atoms with Crippen LogP contribution in [-0.2, 0) is 0 Å². The molecule has 1 heterocycles. The van der Waals surface area contributed by atoms with Crippen molar-refractivity contribution in [3.8, 4) is 0 Å². The lowest BCUT2D eigenvalue weighted by atomic mass is 10.1. The third-order valence-electron chi connectivity index (χ3n) is 3.99. The Bertz CT molecular complexity index is 280. The highest BCUT2D eigenvalue weighted by atomic mass is 32.2. The number of hydrogen-bond donors (Lipinski definition) is 1. The van der Waals surface area contributed by atoms with E-state index in [1.165, 1.54) is 36.6 Å². The normalized spacial score (nSPS) is 30.0. The van der Waals surface area contributed by atoms with Crippen LogP contribution in [0.4, 0.5) is 0 Å². The first-order valence-electron chi connectivity index (χ1n) is 6.71. The van der Waals surface area contributed by atoms with Gasteiger partial charge in [0.2, 0.25) is 0 Å². The smallest absolute Gasteiger partial charge is 0.157 e. The molecule has 0 bridgehead atoms. The van der Waals surface area contributed by atoms with Crippen LogP contribution in [-0.4, -0.2) is 23.0 Å². The molecule has 16 heavy (non-hydrogen) atoms. The number of nitrogens with one attached hydrogen (secondary N) is 1. The van der Waals surface area contributed by atoms with Gasteiger partial charge in [-0.05, 0) is 43.4 Å². The molecule has 0 saturated heterocycles. The van der Waals surface area contributed by atoms with Gasteiger partial charge in [-0.1, -0.05) is 25.6 Å². The quantitative estimate of drug-likeness (QED) is 0.814. The maximum Gasteiger partial charge on any atom is 0.157 e. The van der Waals surface area contributed by atoms with Crippen molar-refractivity contribution >= 4 is 16.9 Å². The van der Waals surface area contributed by atoms with E-state index in [1.807, 2.05) is 11.8 Å². The van der Waals surface area contributed by atoms with Crippen molar-refractivity contribution in [2.45, 2.75) is 51.6 Å². The summed E-state index contributed by atoms with van der Waals surface area (Å²) >= 11 is 1.94. The van der Waals surface area contributed by atoms with Crippen molar-refractivity contribution < 1.29 is 0 Å². The van der Waals surface area contributed by atoms with Gasteiger partial charge in [-0.15, -0.1) is 0 Å². The Labute approximate surface area is 103 Å². The van der Waals surface area contributed by atoms with Crippen molar-refractivity contribution in [1.82, 2.24) is 5.32 Å². The number of amidine groups is 1. The van der Waals surface area contributed by atoms with Gasteiger partial charge in [0, 0.05) is 11.8 Å². The van der Waals surface area contributed by atoms with Crippen LogP contribution in [0, 0.1) is 17.8 Å². The van der Waals surface area contributed by atoms with Crippen LogP contribution in [0.1, 0.15) is 39.5 Å². The molecular formula is C13H22N2S. The minimum Gasteiger partial charge on any atom is -0.362 e. The molecule has 0 radical (unpaired) electrons. The molecular weight excluding hydrogens is 216 g/mol. The van der Waals surface area contributed by atoms with Gasteiger partial charge >= 0.3 is 0 Å². The molecule has 2 fully saturated rings. The van der Waals surface area contributed by atoms with Gasteiger partial charge in [-0.25, -0.2) is 0 Å². The van der Waals surface area contributed by atoms with Crippen LogP contribution < -0.4 is 5.32 Å². The molecule has 1 aliphatic heterocycles. The third-order valence-corrected chi connectivity index (χ3v) is 5.00. The lowest BCUT2D eigenvalue weighted by Gasteiger charge is -2.18. The number of aliphatic imine (C=N–C) groups is 1. The molecule has 0 aromatic rings. The zero-order chi connectivity index (χ0) is 11.1. The third kappa shape index (κ3) is 2.39. The van der Waals surface area contributed by atoms with Crippen LogP contribution in [0.2, 0.25) is 0 Å². The van der Waals surface area contributed by atoms with Crippen molar-refractivity contribution in [3.05, 3.63) is 0 Å². The summed E-state index contributed by atoms with van der Waals surface area (Å²) in [4.78, 5) is 4.82. The van der Waals surface area contributed by atoms with E-state index in [2.05, 4.69) is 19.2 Å². The fraction of sp³-hybridized carbons (Fsp3) is 0.923. The fourth-order valence-corrected chi connectivity index (χ4v) is 3.70. The lowest BCUT2D eigenvalue weighted by molar-refractivity contribution is 0.481. The van der Waals surface area contributed by atoms with E-state index < -0.39 is 0 Å². The summed E-state index contributed by atoms with van der Waals surface area (Å²) in [6, 6.07) is 1.31. The number of hydrogen-bond acceptors (Lipinski definition) is 3. The summed E-state index contributed by atoms with van der Waals surface area (Å²) in [5, 5.41) is 4.98. The Morgan fingerprint density at radius 3 is 2.25 bits per heavy atom. The highest BCUT2D eigenvalue weighted by Crippen LogP contribution is 2.45. The standard InChI is InChI=1S/C13H22N2S/c1-8(2)11-7-16-13(14-11)15-12(9-3-4-9)10-5-6-10/h8-12H,3-7H2,1-2H3,(H,14,15)/t11-/m1/s1. The van der Waals surface area contributed by atoms with Gasteiger partial charge in [0.25, 0.3) is 0 Å². The Hall–Kier alpha value is -0.180. The molecule has 1 atom stereocenters. The predicted molar refractivity (Wildman–Crippen MR) is 70.9 cm³/mol. The molecule has 2 saturated carbocycles. The molecule has 2 nitrogen and oxygen atoms in total. The second-order valence-electron chi connectivity index (χ2n) is 5.90. The van der Waals surface area contributed by atoms with E-state index in [9.17, 15) is 0 Å². The van der Waals surface area contributed by atoms with Crippen LogP contribution in [0.5, 0.6) is 0 Å². The number of thioether (sulfide) groups is 1. The molecule has 0 amide bonds. The van der Waals surface area contributed by atoms with Crippen LogP contribution in [0.25, 0.3) is 0 Å². The second kappa shape index (κ2) is 4.25. The molecule has 3 aliphatic rings. The van der Waals surface area contributed by atoms with Crippen LogP contribution >= 0.6 is 11.8 Å². The SMILES string of the molecule is CC(C)[C@H]1CSC(NC(C2CC2)C2CC2)=N1. The molecule has 0 unspecified atom stereocenters. The first-order valence-corrected chi connectivity index (χ1v) is 7.69. The average Bonchev–Trinajstić information content (AvgIpc) is 3.15. The molecule has 0 spiro atoms. The summed E-state index contributed by atoms with van der Waals surface area (Å²) < 4.78 is 0.